The zero-order chi connectivity index (χ0) is 15.9. The monoisotopic (exact) mass is 320 g/mol. The summed E-state index contributed by atoms with van der Waals surface area (Å²) in [5.41, 5.74) is 1.28. The van der Waals surface area contributed by atoms with Crippen LogP contribution in [0.3, 0.4) is 0 Å². The zero-order valence-electron chi connectivity index (χ0n) is 12.3. The Morgan fingerprint density at radius 2 is 2.00 bits per heavy atom. The first-order valence-electron chi connectivity index (χ1n) is 6.68. The van der Waals surface area contributed by atoms with Crippen molar-refractivity contribution in [3.05, 3.63) is 40.9 Å². The fraction of sp³-hybridized carbons (Fsp3) is 0.267. The van der Waals surface area contributed by atoms with E-state index in [9.17, 15) is 9.59 Å². The van der Waals surface area contributed by atoms with E-state index < -0.39 is 0 Å². The molecule has 22 heavy (non-hydrogen) atoms. The van der Waals surface area contributed by atoms with Gasteiger partial charge in [0, 0.05) is 16.8 Å². The molecule has 0 radical (unpaired) electrons. The van der Waals surface area contributed by atoms with Gasteiger partial charge in [-0.2, -0.15) is 0 Å². The van der Waals surface area contributed by atoms with Crippen molar-refractivity contribution in [2.45, 2.75) is 13.3 Å². The Labute approximate surface area is 132 Å². The summed E-state index contributed by atoms with van der Waals surface area (Å²) in [7, 11) is 1.34. The van der Waals surface area contributed by atoms with Crippen LogP contribution in [0.5, 0.6) is 0 Å². The second-order valence-electron chi connectivity index (χ2n) is 4.31. The molecule has 116 valence electrons. The lowest BCUT2D eigenvalue weighted by Gasteiger charge is -2.03. The fourth-order valence-corrected chi connectivity index (χ4v) is 2.55. The first-order valence-corrected chi connectivity index (χ1v) is 7.49. The Hall–Kier alpha value is -2.41. The minimum Gasteiger partial charge on any atom is -0.466 e. The molecular weight excluding hydrogens is 304 g/mol. The maximum atomic E-state index is 11.4. The second kappa shape index (κ2) is 7.56. The van der Waals surface area contributed by atoms with E-state index in [-0.39, 0.29) is 18.4 Å². The number of ether oxygens (including phenoxy) is 2. The van der Waals surface area contributed by atoms with E-state index >= 15 is 0 Å². The molecule has 2 rings (SSSR count). The van der Waals surface area contributed by atoms with Gasteiger partial charge in [0.15, 0.2) is 5.13 Å². The molecule has 1 aromatic carbocycles. The first kappa shape index (κ1) is 16.0. The molecule has 0 amide bonds. The fourth-order valence-electron chi connectivity index (χ4n) is 1.73. The predicted octanol–water partition coefficient (Wildman–Crippen LogP) is 2.78. The van der Waals surface area contributed by atoms with E-state index in [0.717, 1.165) is 10.6 Å². The number of carbonyl (C=O) groups is 2. The van der Waals surface area contributed by atoms with E-state index in [1.807, 2.05) is 0 Å². The van der Waals surface area contributed by atoms with Crippen molar-refractivity contribution in [3.8, 4) is 0 Å². The molecule has 1 aromatic heterocycles. The molecule has 1 N–H and O–H groups in total. The number of aromatic nitrogens is 1. The summed E-state index contributed by atoms with van der Waals surface area (Å²) in [4.78, 5) is 27.8. The maximum Gasteiger partial charge on any atom is 0.337 e. The van der Waals surface area contributed by atoms with Crippen molar-refractivity contribution >= 4 is 34.1 Å². The van der Waals surface area contributed by atoms with E-state index in [0.29, 0.717) is 17.3 Å². The van der Waals surface area contributed by atoms with Crippen LogP contribution >= 0.6 is 11.3 Å². The topological polar surface area (TPSA) is 77.5 Å². The van der Waals surface area contributed by atoms with Gasteiger partial charge in [0.05, 0.1) is 25.7 Å². The summed E-state index contributed by atoms with van der Waals surface area (Å²) in [6.45, 7) is 2.14. The lowest BCUT2D eigenvalue weighted by Crippen LogP contribution is -2.06. The van der Waals surface area contributed by atoms with E-state index in [1.165, 1.54) is 18.4 Å². The Kier molecular flexibility index (Phi) is 5.48. The third-order valence-electron chi connectivity index (χ3n) is 2.73. The predicted molar refractivity (Wildman–Crippen MR) is 83.5 cm³/mol. The Balaban J connectivity index is 1.98. The lowest BCUT2D eigenvalue weighted by molar-refractivity contribution is -0.142. The van der Waals surface area contributed by atoms with Crippen LogP contribution in [0, 0.1) is 0 Å². The summed E-state index contributed by atoms with van der Waals surface area (Å²) < 4.78 is 9.54. The van der Waals surface area contributed by atoms with Crippen LogP contribution in [-0.4, -0.2) is 30.6 Å². The number of rotatable bonds is 6. The number of hydrogen-bond donors (Lipinski definition) is 1. The molecule has 7 heteroatoms. The normalized spacial score (nSPS) is 10.1. The molecule has 0 atom stereocenters. The number of carbonyl (C=O) groups excluding carboxylic acids is 2. The number of esters is 2. The van der Waals surface area contributed by atoms with Gasteiger partial charge in [-0.25, -0.2) is 9.78 Å². The lowest BCUT2D eigenvalue weighted by atomic mass is 10.2. The van der Waals surface area contributed by atoms with Gasteiger partial charge in [0.25, 0.3) is 0 Å². The van der Waals surface area contributed by atoms with Crippen LogP contribution in [0.25, 0.3) is 0 Å². The van der Waals surface area contributed by atoms with E-state index in [1.54, 1.807) is 37.4 Å². The Morgan fingerprint density at radius 1 is 1.27 bits per heavy atom. The number of benzene rings is 1. The molecule has 6 nitrogen and oxygen atoms in total. The maximum absolute atomic E-state index is 11.4. The number of thiazole rings is 1. The van der Waals surface area contributed by atoms with Crippen molar-refractivity contribution in [1.82, 2.24) is 4.98 Å². The molecule has 0 aliphatic rings. The summed E-state index contributed by atoms with van der Waals surface area (Å²) in [6, 6.07) is 6.86. The van der Waals surface area contributed by atoms with Crippen molar-refractivity contribution in [3.63, 3.8) is 0 Å². The molecule has 0 unspecified atom stereocenters. The van der Waals surface area contributed by atoms with E-state index in [2.05, 4.69) is 15.0 Å². The average Bonchev–Trinajstić information content (AvgIpc) is 2.94. The van der Waals surface area contributed by atoms with Gasteiger partial charge in [0.2, 0.25) is 0 Å². The van der Waals surface area contributed by atoms with Crippen LogP contribution in [0.4, 0.5) is 10.8 Å². The minimum absolute atomic E-state index is 0.217. The molecule has 0 spiro atoms. The summed E-state index contributed by atoms with van der Waals surface area (Å²) in [5, 5.41) is 3.79. The third-order valence-corrected chi connectivity index (χ3v) is 3.65. The third kappa shape index (κ3) is 4.29. The molecule has 0 saturated heterocycles. The van der Waals surface area contributed by atoms with Gasteiger partial charge < -0.3 is 14.8 Å². The van der Waals surface area contributed by atoms with Crippen molar-refractivity contribution in [2.75, 3.05) is 19.0 Å². The molecule has 0 fully saturated rings. The van der Waals surface area contributed by atoms with Crippen LogP contribution < -0.4 is 5.32 Å². The molecule has 0 aliphatic heterocycles. The summed E-state index contributed by atoms with van der Waals surface area (Å²) in [5.74, 6) is -0.641. The summed E-state index contributed by atoms with van der Waals surface area (Å²) >= 11 is 1.38. The number of nitrogens with one attached hydrogen (secondary N) is 1. The van der Waals surface area contributed by atoms with Gasteiger partial charge in [-0.3, -0.25) is 4.79 Å². The van der Waals surface area contributed by atoms with Crippen molar-refractivity contribution < 1.29 is 19.1 Å². The molecule has 0 aliphatic carbocycles. The highest BCUT2D eigenvalue weighted by molar-refractivity contribution is 7.15. The standard InChI is InChI=1S/C15H16N2O4S/c1-3-21-13(18)8-12-9-16-15(22-12)17-11-6-4-10(5-7-11)14(19)20-2/h4-7,9H,3,8H2,1-2H3,(H,16,17). The molecular formula is C15H16N2O4S. The SMILES string of the molecule is CCOC(=O)Cc1cnc(Nc2ccc(C(=O)OC)cc2)s1. The van der Waals surface area contributed by atoms with Crippen molar-refractivity contribution in [1.29, 1.82) is 0 Å². The Bertz CT molecular complexity index is 652. The Morgan fingerprint density at radius 3 is 2.64 bits per heavy atom. The molecule has 1 heterocycles. The van der Waals surface area contributed by atoms with Gasteiger partial charge in [-0.05, 0) is 31.2 Å². The van der Waals surface area contributed by atoms with Gasteiger partial charge >= 0.3 is 11.9 Å². The number of hydrogen-bond acceptors (Lipinski definition) is 7. The molecule has 2 aromatic rings. The van der Waals surface area contributed by atoms with Gasteiger partial charge in [-0.15, -0.1) is 11.3 Å². The second-order valence-corrected chi connectivity index (χ2v) is 5.42. The number of nitrogens with zero attached hydrogens (tertiary/aromatic N) is 1. The summed E-state index contributed by atoms with van der Waals surface area (Å²) in [6.07, 6.45) is 1.86. The highest BCUT2D eigenvalue weighted by Gasteiger charge is 2.09. The zero-order valence-corrected chi connectivity index (χ0v) is 13.1. The first-order chi connectivity index (χ1) is 10.6. The van der Waals surface area contributed by atoms with Crippen LogP contribution in [0.1, 0.15) is 22.2 Å². The van der Waals surface area contributed by atoms with Gasteiger partial charge in [-0.1, -0.05) is 0 Å². The van der Waals surface area contributed by atoms with Gasteiger partial charge in [0.1, 0.15) is 0 Å². The van der Waals surface area contributed by atoms with Crippen LogP contribution in [0.2, 0.25) is 0 Å². The van der Waals surface area contributed by atoms with Crippen molar-refractivity contribution in [2.24, 2.45) is 0 Å². The minimum atomic E-state index is -0.377. The van der Waals surface area contributed by atoms with Crippen LogP contribution in [0.15, 0.2) is 30.5 Å². The molecule has 0 bridgehead atoms. The number of anilines is 2. The largest absolute Gasteiger partial charge is 0.466 e. The molecule has 0 saturated carbocycles. The van der Waals surface area contributed by atoms with E-state index in [4.69, 9.17) is 4.74 Å². The highest BCUT2D eigenvalue weighted by atomic mass is 32.1. The van der Waals surface area contributed by atoms with Crippen LogP contribution in [-0.2, 0) is 20.7 Å². The smallest absolute Gasteiger partial charge is 0.337 e. The quantitative estimate of drug-likeness (QED) is 0.825. The average molecular weight is 320 g/mol. The number of methoxy groups -OCH3 is 1. The highest BCUT2D eigenvalue weighted by Crippen LogP contribution is 2.23.